The van der Waals surface area contributed by atoms with E-state index in [2.05, 4.69) is 13.8 Å². The maximum absolute atomic E-state index is 10.2. The Morgan fingerprint density at radius 3 is 2.28 bits per heavy atom. The summed E-state index contributed by atoms with van der Waals surface area (Å²) < 4.78 is 5.41. The fraction of sp³-hybridized carbons (Fsp3) is 0.600. The van der Waals surface area contributed by atoms with Gasteiger partial charge in [-0.15, -0.1) is 0 Å². The van der Waals surface area contributed by atoms with E-state index in [4.69, 9.17) is 10.5 Å². The number of aliphatic hydroxyl groups excluding tert-OH is 1. The van der Waals surface area contributed by atoms with Crippen LogP contribution >= 0.6 is 0 Å². The molecular weight excluding hydrogens is 226 g/mol. The normalized spacial score (nSPS) is 14.6. The van der Waals surface area contributed by atoms with Gasteiger partial charge in [-0.2, -0.15) is 0 Å². The van der Waals surface area contributed by atoms with Crippen LogP contribution < -0.4 is 10.5 Å². The van der Waals surface area contributed by atoms with Crippen molar-refractivity contribution >= 4 is 0 Å². The highest BCUT2D eigenvalue weighted by Gasteiger charge is 2.20. The van der Waals surface area contributed by atoms with Gasteiger partial charge in [0.1, 0.15) is 5.75 Å². The number of aliphatic hydroxyl groups is 1. The van der Waals surface area contributed by atoms with Crippen molar-refractivity contribution < 1.29 is 9.84 Å². The monoisotopic (exact) mass is 251 g/mol. The SMILES string of the molecule is CCOc1ccc(C(CN)C(O)CC(C)C)cc1. The Hall–Kier alpha value is -1.06. The zero-order chi connectivity index (χ0) is 13.5. The Kier molecular flexibility index (Phi) is 6.16. The van der Waals surface area contributed by atoms with Crippen LogP contribution in [-0.2, 0) is 0 Å². The van der Waals surface area contributed by atoms with E-state index in [1.165, 1.54) is 0 Å². The molecule has 0 aliphatic rings. The Morgan fingerprint density at radius 1 is 1.22 bits per heavy atom. The van der Waals surface area contributed by atoms with Gasteiger partial charge in [0.15, 0.2) is 0 Å². The molecular formula is C15H25NO2. The Balaban J connectivity index is 2.75. The number of nitrogens with two attached hydrogens (primary N) is 1. The van der Waals surface area contributed by atoms with Gasteiger partial charge >= 0.3 is 0 Å². The van der Waals surface area contributed by atoms with Crippen LogP contribution in [-0.4, -0.2) is 24.4 Å². The second kappa shape index (κ2) is 7.39. The van der Waals surface area contributed by atoms with E-state index >= 15 is 0 Å². The predicted octanol–water partition coefficient (Wildman–Crippen LogP) is 2.53. The zero-order valence-electron chi connectivity index (χ0n) is 11.6. The highest BCUT2D eigenvalue weighted by atomic mass is 16.5. The summed E-state index contributed by atoms with van der Waals surface area (Å²) in [4.78, 5) is 0. The third-order valence-corrected chi connectivity index (χ3v) is 3.05. The van der Waals surface area contributed by atoms with Crippen molar-refractivity contribution in [2.75, 3.05) is 13.2 Å². The quantitative estimate of drug-likeness (QED) is 0.783. The summed E-state index contributed by atoms with van der Waals surface area (Å²) in [6.45, 7) is 7.30. The van der Waals surface area contributed by atoms with Crippen LogP contribution in [0.15, 0.2) is 24.3 Å². The average Bonchev–Trinajstić information content (AvgIpc) is 2.31. The van der Waals surface area contributed by atoms with E-state index in [1.807, 2.05) is 31.2 Å². The first-order valence-corrected chi connectivity index (χ1v) is 6.69. The van der Waals surface area contributed by atoms with E-state index in [9.17, 15) is 5.11 Å². The number of ether oxygens (including phenoxy) is 1. The maximum Gasteiger partial charge on any atom is 0.119 e. The van der Waals surface area contributed by atoms with Gasteiger partial charge in [-0.25, -0.2) is 0 Å². The van der Waals surface area contributed by atoms with Crippen molar-refractivity contribution in [2.24, 2.45) is 11.7 Å². The highest BCUT2D eigenvalue weighted by molar-refractivity contribution is 5.30. The Morgan fingerprint density at radius 2 is 1.83 bits per heavy atom. The number of hydrogen-bond donors (Lipinski definition) is 2. The average molecular weight is 251 g/mol. The van der Waals surface area contributed by atoms with Crippen LogP contribution in [0.4, 0.5) is 0 Å². The standard InChI is InChI=1S/C15H25NO2/c1-4-18-13-7-5-12(6-8-13)14(10-16)15(17)9-11(2)3/h5-8,11,14-15,17H,4,9-10,16H2,1-3H3. The van der Waals surface area contributed by atoms with Crippen molar-refractivity contribution in [3.8, 4) is 5.75 Å². The lowest BCUT2D eigenvalue weighted by Gasteiger charge is -2.23. The lowest BCUT2D eigenvalue weighted by molar-refractivity contribution is 0.121. The first-order chi connectivity index (χ1) is 8.58. The predicted molar refractivity (Wildman–Crippen MR) is 74.9 cm³/mol. The van der Waals surface area contributed by atoms with Gasteiger partial charge in [0.25, 0.3) is 0 Å². The van der Waals surface area contributed by atoms with E-state index in [-0.39, 0.29) is 12.0 Å². The molecule has 0 bridgehead atoms. The van der Waals surface area contributed by atoms with Gasteiger partial charge in [-0.05, 0) is 37.0 Å². The molecule has 0 amide bonds. The largest absolute Gasteiger partial charge is 0.494 e. The first kappa shape index (κ1) is 15.0. The summed E-state index contributed by atoms with van der Waals surface area (Å²) in [7, 11) is 0. The van der Waals surface area contributed by atoms with Crippen LogP contribution in [0.25, 0.3) is 0 Å². The summed E-state index contributed by atoms with van der Waals surface area (Å²) in [5.74, 6) is 1.33. The minimum absolute atomic E-state index is 0.00285. The van der Waals surface area contributed by atoms with Gasteiger partial charge in [0, 0.05) is 12.5 Å². The second-order valence-corrected chi connectivity index (χ2v) is 5.04. The molecule has 3 heteroatoms. The summed E-state index contributed by atoms with van der Waals surface area (Å²) >= 11 is 0. The molecule has 0 saturated carbocycles. The smallest absolute Gasteiger partial charge is 0.119 e. The lowest BCUT2D eigenvalue weighted by atomic mass is 9.88. The van der Waals surface area contributed by atoms with Gasteiger partial charge in [0.2, 0.25) is 0 Å². The number of rotatable bonds is 7. The molecule has 0 saturated heterocycles. The molecule has 0 fully saturated rings. The van der Waals surface area contributed by atoms with Gasteiger partial charge < -0.3 is 15.6 Å². The minimum atomic E-state index is -0.382. The van der Waals surface area contributed by atoms with Gasteiger partial charge in [0.05, 0.1) is 12.7 Å². The summed E-state index contributed by atoms with van der Waals surface area (Å²) in [5.41, 5.74) is 6.86. The van der Waals surface area contributed by atoms with Crippen molar-refractivity contribution in [1.82, 2.24) is 0 Å². The third-order valence-electron chi connectivity index (χ3n) is 3.05. The van der Waals surface area contributed by atoms with E-state index in [1.54, 1.807) is 0 Å². The first-order valence-electron chi connectivity index (χ1n) is 6.69. The molecule has 0 spiro atoms. The van der Waals surface area contributed by atoms with Crippen LogP contribution in [0.2, 0.25) is 0 Å². The molecule has 2 atom stereocenters. The molecule has 3 nitrogen and oxygen atoms in total. The molecule has 1 aromatic carbocycles. The van der Waals surface area contributed by atoms with Crippen molar-refractivity contribution in [2.45, 2.75) is 39.2 Å². The summed E-state index contributed by atoms with van der Waals surface area (Å²) in [5, 5.41) is 10.2. The van der Waals surface area contributed by atoms with E-state index in [0.29, 0.717) is 19.1 Å². The number of hydrogen-bond acceptors (Lipinski definition) is 3. The highest BCUT2D eigenvalue weighted by Crippen LogP contribution is 2.25. The molecule has 2 unspecified atom stereocenters. The molecule has 3 N–H and O–H groups in total. The molecule has 0 aliphatic carbocycles. The number of benzene rings is 1. The third kappa shape index (κ3) is 4.31. The zero-order valence-corrected chi connectivity index (χ0v) is 11.6. The van der Waals surface area contributed by atoms with Crippen LogP contribution in [0.5, 0.6) is 5.75 Å². The van der Waals surface area contributed by atoms with Crippen molar-refractivity contribution in [3.05, 3.63) is 29.8 Å². The Bertz CT molecular complexity index is 335. The van der Waals surface area contributed by atoms with Crippen LogP contribution in [0, 0.1) is 5.92 Å². The molecule has 0 radical (unpaired) electrons. The molecule has 102 valence electrons. The second-order valence-electron chi connectivity index (χ2n) is 5.04. The maximum atomic E-state index is 10.2. The minimum Gasteiger partial charge on any atom is -0.494 e. The molecule has 1 aromatic rings. The van der Waals surface area contributed by atoms with E-state index in [0.717, 1.165) is 17.7 Å². The van der Waals surface area contributed by atoms with Gasteiger partial charge in [-0.1, -0.05) is 26.0 Å². The van der Waals surface area contributed by atoms with Crippen molar-refractivity contribution in [1.29, 1.82) is 0 Å². The van der Waals surface area contributed by atoms with Crippen LogP contribution in [0.1, 0.15) is 38.7 Å². The van der Waals surface area contributed by atoms with Crippen LogP contribution in [0.3, 0.4) is 0 Å². The molecule has 0 heterocycles. The molecule has 18 heavy (non-hydrogen) atoms. The lowest BCUT2D eigenvalue weighted by Crippen LogP contribution is -2.27. The summed E-state index contributed by atoms with van der Waals surface area (Å²) in [6.07, 6.45) is 0.391. The topological polar surface area (TPSA) is 55.5 Å². The fourth-order valence-electron chi connectivity index (χ4n) is 2.14. The molecule has 0 aliphatic heterocycles. The van der Waals surface area contributed by atoms with Gasteiger partial charge in [-0.3, -0.25) is 0 Å². The summed E-state index contributed by atoms with van der Waals surface area (Å²) in [6, 6.07) is 7.85. The molecule has 0 aromatic heterocycles. The van der Waals surface area contributed by atoms with Crippen molar-refractivity contribution in [3.63, 3.8) is 0 Å². The fourth-order valence-corrected chi connectivity index (χ4v) is 2.14. The van der Waals surface area contributed by atoms with E-state index < -0.39 is 0 Å². The Labute approximate surface area is 110 Å². The molecule has 1 rings (SSSR count).